The van der Waals surface area contributed by atoms with Gasteiger partial charge < -0.3 is 24.4 Å². The summed E-state index contributed by atoms with van der Waals surface area (Å²) >= 11 is 5.48. The number of ether oxygens (including phenoxy) is 3. The lowest BCUT2D eigenvalue weighted by atomic mass is 10.1. The van der Waals surface area contributed by atoms with Gasteiger partial charge in [0.1, 0.15) is 11.8 Å². The number of nitrogens with one attached hydrogen (secondary N) is 1. The minimum absolute atomic E-state index is 0.0120. The molecule has 0 spiro atoms. The van der Waals surface area contributed by atoms with Crippen LogP contribution in [0.25, 0.3) is 0 Å². The van der Waals surface area contributed by atoms with E-state index in [1.807, 2.05) is 25.1 Å². The molecule has 1 N–H and O–H groups in total. The summed E-state index contributed by atoms with van der Waals surface area (Å²) in [6.07, 6.45) is 0.912. The summed E-state index contributed by atoms with van der Waals surface area (Å²) in [6, 6.07) is 12.1. The SMILES string of the molecule is CCCOc1ccc(NC(=O)C[C@@H]2C(=O)N(C)C(=S)N2Cc2ccc3c(c2)OCO3)cc1. The van der Waals surface area contributed by atoms with E-state index in [0.717, 1.165) is 17.7 Å². The van der Waals surface area contributed by atoms with Crippen LogP contribution in [0.2, 0.25) is 0 Å². The third kappa shape index (κ3) is 4.62. The van der Waals surface area contributed by atoms with E-state index < -0.39 is 6.04 Å². The lowest BCUT2D eigenvalue weighted by Gasteiger charge is -2.23. The maximum Gasteiger partial charge on any atom is 0.251 e. The normalized spacial score (nSPS) is 17.1. The van der Waals surface area contributed by atoms with Crippen LogP contribution in [0.1, 0.15) is 25.3 Å². The fourth-order valence-electron chi connectivity index (χ4n) is 3.63. The molecule has 0 saturated carbocycles. The van der Waals surface area contributed by atoms with Crippen molar-refractivity contribution in [3.05, 3.63) is 48.0 Å². The number of fused-ring (bicyclic) bond motifs is 1. The molecule has 2 aromatic carbocycles. The minimum Gasteiger partial charge on any atom is -0.494 e. The van der Waals surface area contributed by atoms with Gasteiger partial charge in [0.2, 0.25) is 12.7 Å². The molecule has 2 aliphatic heterocycles. The molecular formula is C23H25N3O5S. The van der Waals surface area contributed by atoms with Crippen molar-refractivity contribution in [1.29, 1.82) is 0 Å². The lowest BCUT2D eigenvalue weighted by Crippen LogP contribution is -2.37. The molecule has 4 rings (SSSR count). The third-order valence-electron chi connectivity index (χ3n) is 5.30. The van der Waals surface area contributed by atoms with E-state index in [0.29, 0.717) is 35.5 Å². The van der Waals surface area contributed by atoms with Gasteiger partial charge in [-0.15, -0.1) is 0 Å². The Balaban J connectivity index is 1.42. The number of rotatable bonds is 8. The van der Waals surface area contributed by atoms with E-state index in [4.69, 9.17) is 26.4 Å². The molecule has 32 heavy (non-hydrogen) atoms. The fraction of sp³-hybridized carbons (Fsp3) is 0.348. The largest absolute Gasteiger partial charge is 0.494 e. The first-order valence-corrected chi connectivity index (χ1v) is 10.9. The number of nitrogens with zero attached hydrogens (tertiary/aromatic N) is 2. The highest BCUT2D eigenvalue weighted by atomic mass is 32.1. The Labute approximate surface area is 192 Å². The van der Waals surface area contributed by atoms with E-state index in [1.54, 1.807) is 36.2 Å². The maximum absolute atomic E-state index is 12.8. The van der Waals surface area contributed by atoms with Gasteiger partial charge in [0, 0.05) is 19.3 Å². The van der Waals surface area contributed by atoms with Crippen molar-refractivity contribution < 1.29 is 23.8 Å². The van der Waals surface area contributed by atoms with Gasteiger partial charge in [0.25, 0.3) is 5.91 Å². The summed E-state index contributed by atoms with van der Waals surface area (Å²) in [5, 5.41) is 3.24. The number of benzene rings is 2. The van der Waals surface area contributed by atoms with Gasteiger partial charge in [-0.3, -0.25) is 14.5 Å². The topological polar surface area (TPSA) is 80.3 Å². The molecular weight excluding hydrogens is 430 g/mol. The van der Waals surface area contributed by atoms with Gasteiger partial charge in [-0.25, -0.2) is 0 Å². The number of hydrogen-bond acceptors (Lipinski definition) is 6. The average Bonchev–Trinajstić information content (AvgIpc) is 3.33. The molecule has 8 nitrogen and oxygen atoms in total. The summed E-state index contributed by atoms with van der Waals surface area (Å²) in [6.45, 7) is 3.25. The maximum atomic E-state index is 12.8. The monoisotopic (exact) mass is 455 g/mol. The molecule has 0 bridgehead atoms. The zero-order chi connectivity index (χ0) is 22.7. The Morgan fingerprint density at radius 3 is 2.69 bits per heavy atom. The number of amides is 2. The van der Waals surface area contributed by atoms with Crippen LogP contribution in [0, 0.1) is 0 Å². The highest BCUT2D eigenvalue weighted by molar-refractivity contribution is 7.80. The van der Waals surface area contributed by atoms with E-state index in [2.05, 4.69) is 5.32 Å². The fourth-order valence-corrected chi connectivity index (χ4v) is 3.91. The molecule has 0 radical (unpaired) electrons. The van der Waals surface area contributed by atoms with E-state index in [-0.39, 0.29) is 25.0 Å². The highest BCUT2D eigenvalue weighted by Gasteiger charge is 2.41. The van der Waals surface area contributed by atoms with Gasteiger partial charge in [-0.2, -0.15) is 0 Å². The second kappa shape index (κ2) is 9.44. The van der Waals surface area contributed by atoms with Crippen LogP contribution in [0.15, 0.2) is 42.5 Å². The van der Waals surface area contributed by atoms with Crippen LogP contribution in [0.4, 0.5) is 5.69 Å². The first kappa shape index (κ1) is 21.9. The van der Waals surface area contributed by atoms with Gasteiger partial charge in [-0.05, 0) is 60.6 Å². The minimum atomic E-state index is -0.676. The van der Waals surface area contributed by atoms with Crippen molar-refractivity contribution in [1.82, 2.24) is 9.80 Å². The van der Waals surface area contributed by atoms with E-state index >= 15 is 0 Å². The summed E-state index contributed by atoms with van der Waals surface area (Å²) in [5.41, 5.74) is 1.55. The Hall–Kier alpha value is -3.33. The van der Waals surface area contributed by atoms with Gasteiger partial charge >= 0.3 is 0 Å². The molecule has 0 aromatic heterocycles. The van der Waals surface area contributed by atoms with Gasteiger partial charge in [-0.1, -0.05) is 13.0 Å². The molecule has 2 amide bonds. The number of thiocarbonyl (C=S) groups is 1. The first-order valence-electron chi connectivity index (χ1n) is 10.5. The Bertz CT molecular complexity index is 1030. The van der Waals surface area contributed by atoms with Crippen LogP contribution >= 0.6 is 12.2 Å². The molecule has 1 saturated heterocycles. The number of carbonyl (C=O) groups excluding carboxylic acids is 2. The molecule has 1 atom stereocenters. The number of carbonyl (C=O) groups is 2. The molecule has 2 aromatic rings. The van der Waals surface area contributed by atoms with Crippen LogP contribution < -0.4 is 19.5 Å². The quantitative estimate of drug-likeness (QED) is 0.613. The Morgan fingerprint density at radius 2 is 1.94 bits per heavy atom. The van der Waals surface area contributed by atoms with Crippen molar-refractivity contribution in [3.63, 3.8) is 0 Å². The summed E-state index contributed by atoms with van der Waals surface area (Å²) in [5.74, 6) is 1.63. The number of anilines is 1. The Kier molecular flexibility index (Phi) is 6.45. The summed E-state index contributed by atoms with van der Waals surface area (Å²) < 4.78 is 16.3. The van der Waals surface area contributed by atoms with E-state index in [1.165, 1.54) is 4.90 Å². The molecule has 168 valence electrons. The molecule has 1 fully saturated rings. The van der Waals surface area contributed by atoms with Crippen LogP contribution in [0.3, 0.4) is 0 Å². The molecule has 0 unspecified atom stereocenters. The Morgan fingerprint density at radius 1 is 1.19 bits per heavy atom. The average molecular weight is 456 g/mol. The standard InChI is InChI=1S/C23H25N3O5S/c1-3-10-29-17-7-5-16(6-8-17)24-21(27)12-18-22(28)25(2)23(32)26(18)13-15-4-9-19-20(11-15)31-14-30-19/h4-9,11,18H,3,10,12-14H2,1-2H3,(H,24,27)/t18-/m1/s1. The van der Waals surface area contributed by atoms with E-state index in [9.17, 15) is 9.59 Å². The zero-order valence-electron chi connectivity index (χ0n) is 18.0. The second-order valence-electron chi connectivity index (χ2n) is 7.64. The third-order valence-corrected chi connectivity index (χ3v) is 5.81. The lowest BCUT2D eigenvalue weighted by molar-refractivity contribution is -0.130. The van der Waals surface area contributed by atoms with Gasteiger partial charge in [0.15, 0.2) is 16.6 Å². The van der Waals surface area contributed by atoms with Crippen molar-refractivity contribution in [2.75, 3.05) is 25.8 Å². The molecule has 0 aliphatic carbocycles. The number of hydrogen-bond donors (Lipinski definition) is 1. The summed E-state index contributed by atoms with van der Waals surface area (Å²) in [7, 11) is 1.63. The first-order chi connectivity index (χ1) is 15.5. The highest BCUT2D eigenvalue weighted by Crippen LogP contribution is 2.33. The molecule has 2 heterocycles. The van der Waals surface area contributed by atoms with Crippen molar-refractivity contribution >= 4 is 34.8 Å². The zero-order valence-corrected chi connectivity index (χ0v) is 18.8. The smallest absolute Gasteiger partial charge is 0.251 e. The van der Waals surface area contributed by atoms with Crippen molar-refractivity contribution in [2.45, 2.75) is 32.4 Å². The van der Waals surface area contributed by atoms with Crippen LogP contribution in [0.5, 0.6) is 17.2 Å². The van der Waals surface area contributed by atoms with Crippen LogP contribution in [-0.2, 0) is 16.1 Å². The van der Waals surface area contributed by atoms with Gasteiger partial charge in [0.05, 0.1) is 13.0 Å². The molecule has 9 heteroatoms. The second-order valence-corrected chi connectivity index (χ2v) is 8.00. The van der Waals surface area contributed by atoms with Crippen molar-refractivity contribution in [3.8, 4) is 17.2 Å². The number of likely N-dealkylation sites (N-methyl/N-ethyl adjacent to an activating group) is 1. The molecule has 2 aliphatic rings. The predicted molar refractivity (Wildman–Crippen MR) is 123 cm³/mol. The predicted octanol–water partition coefficient (Wildman–Crippen LogP) is 3.16. The van der Waals surface area contributed by atoms with Crippen LogP contribution in [-0.4, -0.2) is 53.2 Å². The van der Waals surface area contributed by atoms with Crippen molar-refractivity contribution in [2.24, 2.45) is 0 Å². The summed E-state index contributed by atoms with van der Waals surface area (Å²) in [4.78, 5) is 28.7.